The summed E-state index contributed by atoms with van der Waals surface area (Å²) in [5.74, 6) is 0. The minimum Gasteiger partial charge on any atom is -0.312 e. The Morgan fingerprint density at radius 3 is 3.08 bits per heavy atom. The summed E-state index contributed by atoms with van der Waals surface area (Å²) in [6.45, 7) is 2.09. The predicted octanol–water partition coefficient (Wildman–Crippen LogP) is 2.15. The number of rotatable bonds is 1. The summed E-state index contributed by atoms with van der Waals surface area (Å²) in [4.78, 5) is 13.9. The van der Waals surface area contributed by atoms with Crippen LogP contribution in [0, 0.1) is 0 Å². The Bertz CT molecular complexity index is 455. The van der Waals surface area contributed by atoms with E-state index in [1.54, 1.807) is 0 Å². The van der Waals surface area contributed by atoms with Crippen LogP contribution < -0.4 is 4.87 Å². The maximum atomic E-state index is 11.0. The van der Waals surface area contributed by atoms with Crippen LogP contribution in [-0.2, 0) is 6.42 Å². The molecule has 2 rings (SSSR count). The number of thiazole rings is 1. The van der Waals surface area contributed by atoms with Crippen molar-refractivity contribution in [3.63, 3.8) is 0 Å². The fourth-order valence-electron chi connectivity index (χ4n) is 1.33. The minimum atomic E-state index is 0.0332. The Hall–Kier alpha value is -1.09. The van der Waals surface area contributed by atoms with Crippen LogP contribution in [0.15, 0.2) is 23.0 Å². The molecule has 1 heterocycles. The fraction of sp³-hybridized carbons (Fsp3) is 0.222. The second kappa shape index (κ2) is 2.75. The van der Waals surface area contributed by atoms with Crippen molar-refractivity contribution < 1.29 is 0 Å². The molecule has 0 spiro atoms. The van der Waals surface area contributed by atoms with Crippen molar-refractivity contribution in [2.75, 3.05) is 0 Å². The molecule has 0 aliphatic rings. The van der Waals surface area contributed by atoms with Crippen LogP contribution in [0.25, 0.3) is 10.2 Å². The molecule has 0 aliphatic heterocycles. The average Bonchev–Trinajstić information content (AvgIpc) is 2.44. The minimum absolute atomic E-state index is 0.0332. The Morgan fingerprint density at radius 2 is 2.33 bits per heavy atom. The first kappa shape index (κ1) is 7.55. The van der Waals surface area contributed by atoms with E-state index < -0.39 is 0 Å². The van der Waals surface area contributed by atoms with Crippen LogP contribution in [-0.4, -0.2) is 4.98 Å². The normalized spacial score (nSPS) is 10.8. The Balaban J connectivity index is 2.87. The molecular weight excluding hydrogens is 170 g/mol. The van der Waals surface area contributed by atoms with Gasteiger partial charge in [-0.1, -0.05) is 30.4 Å². The highest BCUT2D eigenvalue weighted by Gasteiger charge is 2.01. The van der Waals surface area contributed by atoms with Gasteiger partial charge in [-0.2, -0.15) is 0 Å². The number of fused-ring (bicyclic) bond motifs is 1. The van der Waals surface area contributed by atoms with E-state index in [1.165, 1.54) is 16.9 Å². The number of H-pyrrole nitrogens is 1. The van der Waals surface area contributed by atoms with Gasteiger partial charge in [0.25, 0.3) is 0 Å². The smallest absolute Gasteiger partial charge is 0.305 e. The van der Waals surface area contributed by atoms with Gasteiger partial charge in [-0.3, -0.25) is 4.79 Å². The first-order valence-electron chi connectivity index (χ1n) is 3.92. The van der Waals surface area contributed by atoms with Crippen LogP contribution >= 0.6 is 11.3 Å². The second-order valence-corrected chi connectivity index (χ2v) is 3.67. The van der Waals surface area contributed by atoms with E-state index in [4.69, 9.17) is 0 Å². The Morgan fingerprint density at radius 1 is 1.50 bits per heavy atom. The number of hydrogen-bond donors (Lipinski definition) is 1. The summed E-state index contributed by atoms with van der Waals surface area (Å²) in [5, 5.41) is 0. The number of aryl methyl sites for hydroxylation is 1. The Labute approximate surface area is 73.9 Å². The lowest BCUT2D eigenvalue weighted by atomic mass is 10.1. The number of aromatic amines is 1. The molecule has 62 valence electrons. The quantitative estimate of drug-likeness (QED) is 0.714. The molecule has 0 saturated heterocycles. The van der Waals surface area contributed by atoms with Gasteiger partial charge in [0, 0.05) is 0 Å². The van der Waals surface area contributed by atoms with Crippen molar-refractivity contribution in [3.05, 3.63) is 33.4 Å². The first-order valence-corrected chi connectivity index (χ1v) is 4.73. The summed E-state index contributed by atoms with van der Waals surface area (Å²) < 4.78 is 1.05. The van der Waals surface area contributed by atoms with Gasteiger partial charge >= 0.3 is 4.87 Å². The maximum Gasteiger partial charge on any atom is 0.305 e. The maximum absolute atomic E-state index is 11.0. The van der Waals surface area contributed by atoms with Gasteiger partial charge in [-0.25, -0.2) is 0 Å². The fourth-order valence-corrected chi connectivity index (χ4v) is 2.11. The topological polar surface area (TPSA) is 32.9 Å². The molecular formula is C9H9NOS. The van der Waals surface area contributed by atoms with E-state index in [1.807, 2.05) is 18.2 Å². The summed E-state index contributed by atoms with van der Waals surface area (Å²) >= 11 is 1.27. The lowest BCUT2D eigenvalue weighted by molar-refractivity contribution is 1.15. The van der Waals surface area contributed by atoms with Crippen molar-refractivity contribution >= 4 is 21.6 Å². The van der Waals surface area contributed by atoms with Gasteiger partial charge in [-0.15, -0.1) is 0 Å². The van der Waals surface area contributed by atoms with E-state index in [9.17, 15) is 4.79 Å². The molecule has 0 fully saturated rings. The third kappa shape index (κ3) is 1.06. The van der Waals surface area contributed by atoms with Crippen LogP contribution in [0.2, 0.25) is 0 Å². The van der Waals surface area contributed by atoms with Crippen molar-refractivity contribution in [2.45, 2.75) is 13.3 Å². The van der Waals surface area contributed by atoms with Gasteiger partial charge in [0.2, 0.25) is 0 Å². The van der Waals surface area contributed by atoms with Gasteiger partial charge < -0.3 is 4.98 Å². The monoisotopic (exact) mass is 179 g/mol. The number of benzene rings is 1. The highest BCUT2D eigenvalue weighted by molar-refractivity contribution is 7.16. The van der Waals surface area contributed by atoms with E-state index in [0.29, 0.717) is 0 Å². The Kier molecular flexibility index (Phi) is 1.73. The number of hydrogen-bond acceptors (Lipinski definition) is 2. The van der Waals surface area contributed by atoms with Crippen LogP contribution in [0.5, 0.6) is 0 Å². The molecule has 3 heteroatoms. The highest BCUT2D eigenvalue weighted by Crippen LogP contribution is 2.18. The average molecular weight is 179 g/mol. The molecule has 2 nitrogen and oxygen atoms in total. The lowest BCUT2D eigenvalue weighted by Gasteiger charge is -1.95. The molecule has 0 bridgehead atoms. The molecule has 0 radical (unpaired) electrons. The summed E-state index contributed by atoms with van der Waals surface area (Å²) in [5.41, 5.74) is 2.22. The first-order chi connectivity index (χ1) is 5.81. The molecule has 0 amide bonds. The predicted molar refractivity (Wildman–Crippen MR) is 51.8 cm³/mol. The second-order valence-electron chi connectivity index (χ2n) is 2.66. The molecule has 1 aromatic carbocycles. The van der Waals surface area contributed by atoms with Crippen LogP contribution in [0.1, 0.15) is 12.5 Å². The number of para-hydroxylation sites is 1. The third-order valence-corrected chi connectivity index (χ3v) is 2.77. The van der Waals surface area contributed by atoms with E-state index in [0.717, 1.165) is 16.6 Å². The third-order valence-electron chi connectivity index (χ3n) is 1.92. The van der Waals surface area contributed by atoms with E-state index >= 15 is 0 Å². The van der Waals surface area contributed by atoms with Crippen LogP contribution in [0.3, 0.4) is 0 Å². The lowest BCUT2D eigenvalue weighted by Crippen LogP contribution is -1.91. The zero-order chi connectivity index (χ0) is 8.55. The highest BCUT2D eigenvalue weighted by atomic mass is 32.1. The zero-order valence-electron chi connectivity index (χ0n) is 6.76. The molecule has 1 N–H and O–H groups in total. The zero-order valence-corrected chi connectivity index (χ0v) is 7.57. The standard InChI is InChI=1S/C9H9NOS/c1-2-6-4-3-5-7-8(6)10-9(11)12-7/h3-5H,2H2,1H3,(H,10,11). The molecule has 0 saturated carbocycles. The van der Waals surface area contributed by atoms with Gasteiger partial charge in [0.15, 0.2) is 0 Å². The SMILES string of the molecule is CCc1cccc2sc(=O)[nH]c12. The molecule has 12 heavy (non-hydrogen) atoms. The number of nitrogens with one attached hydrogen (secondary N) is 1. The van der Waals surface area contributed by atoms with Crippen molar-refractivity contribution in [1.29, 1.82) is 0 Å². The molecule has 2 aromatic rings. The van der Waals surface area contributed by atoms with Gasteiger partial charge in [-0.05, 0) is 18.1 Å². The molecule has 0 aliphatic carbocycles. The molecule has 0 unspecified atom stereocenters. The van der Waals surface area contributed by atoms with Crippen molar-refractivity contribution in [2.24, 2.45) is 0 Å². The summed E-state index contributed by atoms with van der Waals surface area (Å²) in [6.07, 6.45) is 0.962. The number of aromatic nitrogens is 1. The van der Waals surface area contributed by atoms with Gasteiger partial charge in [0.05, 0.1) is 10.2 Å². The summed E-state index contributed by atoms with van der Waals surface area (Å²) in [7, 11) is 0. The molecule has 1 aromatic heterocycles. The molecule has 0 atom stereocenters. The van der Waals surface area contributed by atoms with E-state index in [-0.39, 0.29) is 4.87 Å². The van der Waals surface area contributed by atoms with Crippen molar-refractivity contribution in [3.8, 4) is 0 Å². The van der Waals surface area contributed by atoms with E-state index in [2.05, 4.69) is 11.9 Å². The van der Waals surface area contributed by atoms with Gasteiger partial charge in [0.1, 0.15) is 0 Å². The largest absolute Gasteiger partial charge is 0.312 e. The van der Waals surface area contributed by atoms with Crippen molar-refractivity contribution in [1.82, 2.24) is 4.98 Å². The summed E-state index contributed by atoms with van der Waals surface area (Å²) in [6, 6.07) is 6.01. The van der Waals surface area contributed by atoms with Crippen LogP contribution in [0.4, 0.5) is 0 Å².